The number of amides is 1. The van der Waals surface area contributed by atoms with Crippen LogP contribution in [-0.2, 0) is 6.18 Å². The number of rotatable bonds is 4. The van der Waals surface area contributed by atoms with Crippen LogP contribution < -0.4 is 5.32 Å². The van der Waals surface area contributed by atoms with Gasteiger partial charge in [-0.1, -0.05) is 24.6 Å². The largest absolute Gasteiger partial charge is 0.417 e. The summed E-state index contributed by atoms with van der Waals surface area (Å²) in [6.45, 7) is 2.92. The third-order valence-corrected chi connectivity index (χ3v) is 4.47. The predicted molar refractivity (Wildman–Crippen MR) is 89.4 cm³/mol. The van der Waals surface area contributed by atoms with Crippen molar-refractivity contribution in [3.63, 3.8) is 0 Å². The van der Waals surface area contributed by atoms with Crippen molar-refractivity contribution in [2.45, 2.75) is 25.4 Å². The lowest BCUT2D eigenvalue weighted by Crippen LogP contribution is -2.38. The first-order chi connectivity index (χ1) is 12.0. The van der Waals surface area contributed by atoms with Crippen LogP contribution in [0, 0.1) is 0 Å². The summed E-state index contributed by atoms with van der Waals surface area (Å²) in [7, 11) is 0. The molecule has 1 aliphatic heterocycles. The summed E-state index contributed by atoms with van der Waals surface area (Å²) in [5, 5.41) is 2.55. The van der Waals surface area contributed by atoms with E-state index in [4.69, 9.17) is 0 Å². The Morgan fingerprint density at radius 2 is 1.88 bits per heavy atom. The van der Waals surface area contributed by atoms with Gasteiger partial charge in [-0.05, 0) is 32.0 Å². The van der Waals surface area contributed by atoms with E-state index >= 15 is 0 Å². The molecule has 1 fully saturated rings. The van der Waals surface area contributed by atoms with Gasteiger partial charge in [-0.2, -0.15) is 13.2 Å². The van der Waals surface area contributed by atoms with Crippen LogP contribution in [0.15, 0.2) is 30.5 Å². The fourth-order valence-corrected chi connectivity index (χ4v) is 3.22. The summed E-state index contributed by atoms with van der Waals surface area (Å²) in [5.41, 5.74) is -1.13. The molecule has 0 unspecified atom stereocenters. The molecule has 7 heteroatoms. The molecular formula is C18H20F3N3O. The number of alkyl halides is 3. The number of para-hydroxylation sites is 1. The fraction of sp³-hybridized carbons (Fsp3) is 0.444. The summed E-state index contributed by atoms with van der Waals surface area (Å²) in [6, 6.07) is 5.98. The quantitative estimate of drug-likeness (QED) is 0.917. The molecule has 0 atom stereocenters. The molecule has 25 heavy (non-hydrogen) atoms. The monoisotopic (exact) mass is 351 g/mol. The van der Waals surface area contributed by atoms with E-state index in [1.807, 2.05) is 0 Å². The van der Waals surface area contributed by atoms with Crippen molar-refractivity contribution >= 4 is 16.8 Å². The second kappa shape index (κ2) is 7.39. The molecule has 2 heterocycles. The lowest BCUT2D eigenvalue weighted by atomic mass is 10.0. The normalized spacial score (nSPS) is 16.1. The Labute approximate surface area is 144 Å². The minimum atomic E-state index is -4.62. The Morgan fingerprint density at radius 1 is 1.16 bits per heavy atom. The SMILES string of the molecule is O=C(NCCN1CCCCC1)c1cnc2ccccc2c1C(F)(F)F. The molecule has 4 nitrogen and oxygen atoms in total. The Bertz CT molecular complexity index is 755. The predicted octanol–water partition coefficient (Wildman–Crippen LogP) is 3.47. The summed E-state index contributed by atoms with van der Waals surface area (Å²) in [5.74, 6) is -0.734. The molecule has 0 radical (unpaired) electrons. The molecule has 1 amide bonds. The first kappa shape index (κ1) is 17.7. The number of hydrogen-bond donors (Lipinski definition) is 1. The van der Waals surface area contributed by atoms with E-state index in [1.165, 1.54) is 24.6 Å². The molecule has 1 aromatic carbocycles. The second-order valence-corrected chi connectivity index (χ2v) is 6.22. The third-order valence-electron chi connectivity index (χ3n) is 4.47. The van der Waals surface area contributed by atoms with Crippen LogP contribution in [0.2, 0.25) is 0 Å². The van der Waals surface area contributed by atoms with Gasteiger partial charge in [-0.25, -0.2) is 0 Å². The molecule has 134 valence electrons. The number of fused-ring (bicyclic) bond motifs is 1. The number of aromatic nitrogens is 1. The maximum Gasteiger partial charge on any atom is 0.417 e. The molecule has 0 saturated carbocycles. The van der Waals surface area contributed by atoms with Crippen LogP contribution in [0.3, 0.4) is 0 Å². The number of piperidine rings is 1. The number of carbonyl (C=O) groups is 1. The number of benzene rings is 1. The van der Waals surface area contributed by atoms with Crippen LogP contribution in [0.5, 0.6) is 0 Å². The highest BCUT2D eigenvalue weighted by molar-refractivity contribution is 6.00. The zero-order chi connectivity index (χ0) is 17.9. The van der Waals surface area contributed by atoms with E-state index in [2.05, 4.69) is 15.2 Å². The van der Waals surface area contributed by atoms with E-state index in [0.29, 0.717) is 13.1 Å². The second-order valence-electron chi connectivity index (χ2n) is 6.22. The Balaban J connectivity index is 1.78. The maximum absolute atomic E-state index is 13.5. The highest BCUT2D eigenvalue weighted by atomic mass is 19.4. The van der Waals surface area contributed by atoms with Gasteiger partial charge in [-0.15, -0.1) is 0 Å². The van der Waals surface area contributed by atoms with Gasteiger partial charge in [0.15, 0.2) is 0 Å². The third kappa shape index (κ3) is 4.10. The van der Waals surface area contributed by atoms with Gasteiger partial charge in [0, 0.05) is 24.7 Å². The molecule has 1 aromatic heterocycles. The van der Waals surface area contributed by atoms with Gasteiger partial charge in [0.2, 0.25) is 0 Å². The van der Waals surface area contributed by atoms with Crippen molar-refractivity contribution in [1.82, 2.24) is 15.2 Å². The zero-order valence-electron chi connectivity index (χ0n) is 13.8. The lowest BCUT2D eigenvalue weighted by Gasteiger charge is -2.26. The van der Waals surface area contributed by atoms with Gasteiger partial charge < -0.3 is 10.2 Å². The van der Waals surface area contributed by atoms with Crippen molar-refractivity contribution in [2.75, 3.05) is 26.2 Å². The highest BCUT2D eigenvalue weighted by Gasteiger charge is 2.37. The van der Waals surface area contributed by atoms with E-state index in [-0.39, 0.29) is 10.9 Å². The molecule has 0 aliphatic carbocycles. The Morgan fingerprint density at radius 3 is 2.60 bits per heavy atom. The summed E-state index contributed by atoms with van der Waals surface area (Å²) < 4.78 is 40.6. The van der Waals surface area contributed by atoms with E-state index in [9.17, 15) is 18.0 Å². The van der Waals surface area contributed by atoms with Crippen LogP contribution in [0.4, 0.5) is 13.2 Å². The first-order valence-corrected chi connectivity index (χ1v) is 8.42. The topological polar surface area (TPSA) is 45.2 Å². The van der Waals surface area contributed by atoms with Crippen LogP contribution in [0.25, 0.3) is 10.9 Å². The summed E-state index contributed by atoms with van der Waals surface area (Å²) in [6.07, 6.45) is -0.147. The van der Waals surface area contributed by atoms with Crippen LogP contribution in [0.1, 0.15) is 35.2 Å². The Kier molecular flexibility index (Phi) is 5.22. The molecule has 2 aromatic rings. The number of pyridine rings is 1. The fourth-order valence-electron chi connectivity index (χ4n) is 3.22. The number of halogens is 3. The average Bonchev–Trinajstić information content (AvgIpc) is 2.60. The smallest absolute Gasteiger partial charge is 0.351 e. The van der Waals surface area contributed by atoms with E-state index in [1.54, 1.807) is 6.07 Å². The van der Waals surface area contributed by atoms with Gasteiger partial charge in [0.05, 0.1) is 16.6 Å². The van der Waals surface area contributed by atoms with E-state index in [0.717, 1.165) is 32.1 Å². The summed E-state index contributed by atoms with van der Waals surface area (Å²) >= 11 is 0. The minimum absolute atomic E-state index is 0.0568. The first-order valence-electron chi connectivity index (χ1n) is 8.42. The number of likely N-dealkylation sites (tertiary alicyclic amines) is 1. The van der Waals surface area contributed by atoms with E-state index < -0.39 is 23.2 Å². The van der Waals surface area contributed by atoms with Gasteiger partial charge in [0.1, 0.15) is 0 Å². The zero-order valence-corrected chi connectivity index (χ0v) is 13.8. The minimum Gasteiger partial charge on any atom is -0.351 e. The number of nitrogens with one attached hydrogen (secondary N) is 1. The summed E-state index contributed by atoms with van der Waals surface area (Å²) in [4.78, 5) is 18.5. The van der Waals surface area contributed by atoms with Crippen LogP contribution >= 0.6 is 0 Å². The number of carbonyl (C=O) groups excluding carboxylic acids is 1. The number of nitrogens with zero attached hydrogens (tertiary/aromatic N) is 2. The molecule has 3 rings (SSSR count). The van der Waals surface area contributed by atoms with Gasteiger partial charge >= 0.3 is 6.18 Å². The standard InChI is InChI=1S/C18H20F3N3O/c19-18(20,21)16-13-6-2-3-7-15(13)23-12-14(16)17(25)22-8-11-24-9-4-1-5-10-24/h2-3,6-7,12H,1,4-5,8-11H2,(H,22,25). The lowest BCUT2D eigenvalue weighted by molar-refractivity contribution is -0.136. The van der Waals surface area contributed by atoms with Crippen molar-refractivity contribution in [2.24, 2.45) is 0 Å². The number of hydrogen-bond acceptors (Lipinski definition) is 3. The molecule has 1 saturated heterocycles. The average molecular weight is 351 g/mol. The van der Waals surface area contributed by atoms with Crippen molar-refractivity contribution in [3.8, 4) is 0 Å². The highest BCUT2D eigenvalue weighted by Crippen LogP contribution is 2.36. The Hall–Kier alpha value is -2.15. The van der Waals surface area contributed by atoms with Gasteiger partial charge in [0.25, 0.3) is 5.91 Å². The van der Waals surface area contributed by atoms with Crippen molar-refractivity contribution in [1.29, 1.82) is 0 Å². The van der Waals surface area contributed by atoms with Crippen molar-refractivity contribution < 1.29 is 18.0 Å². The van der Waals surface area contributed by atoms with Crippen LogP contribution in [-0.4, -0.2) is 42.0 Å². The van der Waals surface area contributed by atoms with Gasteiger partial charge in [-0.3, -0.25) is 9.78 Å². The van der Waals surface area contributed by atoms with Crippen molar-refractivity contribution in [3.05, 3.63) is 41.6 Å². The maximum atomic E-state index is 13.5. The molecule has 1 N–H and O–H groups in total. The molecule has 1 aliphatic rings. The molecule has 0 bridgehead atoms. The molecular weight excluding hydrogens is 331 g/mol. The molecule has 0 spiro atoms.